The van der Waals surface area contributed by atoms with Crippen molar-refractivity contribution in [1.82, 2.24) is 9.88 Å². The summed E-state index contributed by atoms with van der Waals surface area (Å²) in [5, 5.41) is 13.1. The van der Waals surface area contributed by atoms with Crippen molar-refractivity contribution in [1.29, 1.82) is 0 Å². The maximum absolute atomic E-state index is 12.5. The third kappa shape index (κ3) is 2.79. The average Bonchev–Trinajstić information content (AvgIpc) is 2.83. The van der Waals surface area contributed by atoms with Crippen LogP contribution < -0.4 is 11.1 Å². The molecule has 23 heavy (non-hydrogen) atoms. The minimum atomic E-state index is -0.491. The quantitative estimate of drug-likeness (QED) is 0.904. The van der Waals surface area contributed by atoms with Crippen molar-refractivity contribution in [3.63, 3.8) is 0 Å². The number of carbonyl (C=O) groups excluding carboxylic acids is 1. The Bertz CT molecular complexity index is 791. The number of nitrogens with one attached hydrogen (secondary N) is 1. The number of carbonyl (C=O) groups is 1. The van der Waals surface area contributed by atoms with Crippen LogP contribution in [-0.2, 0) is 7.05 Å². The molecule has 1 amide bonds. The predicted octanol–water partition coefficient (Wildman–Crippen LogP) is 1.80. The highest BCUT2D eigenvalue weighted by atomic mass is 16.4. The fourth-order valence-corrected chi connectivity index (χ4v) is 3.29. The standard InChI is InChI=1S/C17H22N2O4/c1-17(9-4-3-8-13(17)20)10-18-15(21)11-6-5-7-12-14(11)23-16(22)19(12)2/h5-7,13,20H,3-4,8-10H2,1-2H3,(H,18,21). The van der Waals surface area contributed by atoms with Crippen LogP contribution in [0.4, 0.5) is 0 Å². The van der Waals surface area contributed by atoms with Crippen LogP contribution in [0.3, 0.4) is 0 Å². The lowest BCUT2D eigenvalue weighted by molar-refractivity contribution is 0.00191. The van der Waals surface area contributed by atoms with Crippen LogP contribution in [0, 0.1) is 5.41 Å². The Balaban J connectivity index is 1.81. The molecule has 124 valence electrons. The highest BCUT2D eigenvalue weighted by molar-refractivity contribution is 6.04. The molecule has 1 saturated carbocycles. The predicted molar refractivity (Wildman–Crippen MR) is 86.4 cm³/mol. The first-order valence-corrected chi connectivity index (χ1v) is 7.97. The molecule has 0 saturated heterocycles. The Morgan fingerprint density at radius 2 is 2.26 bits per heavy atom. The number of aliphatic hydroxyl groups excluding tert-OH is 1. The fourth-order valence-electron chi connectivity index (χ4n) is 3.29. The molecular formula is C17H22N2O4. The number of hydrogen-bond acceptors (Lipinski definition) is 4. The molecule has 0 bridgehead atoms. The van der Waals surface area contributed by atoms with Crippen LogP contribution in [0.1, 0.15) is 43.0 Å². The molecular weight excluding hydrogens is 296 g/mol. The molecule has 0 spiro atoms. The number of benzene rings is 1. The minimum absolute atomic E-state index is 0.288. The number of oxazole rings is 1. The summed E-state index contributed by atoms with van der Waals surface area (Å²) >= 11 is 0. The second kappa shape index (κ2) is 5.85. The van der Waals surface area contributed by atoms with Crippen LogP contribution in [0.15, 0.2) is 27.4 Å². The van der Waals surface area contributed by atoms with Crippen molar-refractivity contribution in [3.8, 4) is 0 Å². The number of aliphatic hydroxyl groups is 1. The molecule has 2 unspecified atom stereocenters. The second-order valence-corrected chi connectivity index (χ2v) is 6.68. The zero-order valence-corrected chi connectivity index (χ0v) is 13.5. The van der Waals surface area contributed by atoms with Crippen molar-refractivity contribution in [2.45, 2.75) is 38.7 Å². The lowest BCUT2D eigenvalue weighted by atomic mass is 9.73. The largest absolute Gasteiger partial charge is 0.419 e. The smallest absolute Gasteiger partial charge is 0.407 e. The molecule has 6 heteroatoms. The van der Waals surface area contributed by atoms with Gasteiger partial charge in [-0.2, -0.15) is 0 Å². The van der Waals surface area contributed by atoms with Crippen molar-refractivity contribution in [2.24, 2.45) is 12.5 Å². The van der Waals surface area contributed by atoms with Crippen molar-refractivity contribution >= 4 is 17.0 Å². The molecule has 2 atom stereocenters. The zero-order valence-electron chi connectivity index (χ0n) is 13.5. The Kier molecular flexibility index (Phi) is 4.02. The first-order chi connectivity index (χ1) is 10.9. The Hall–Kier alpha value is -2.08. The van der Waals surface area contributed by atoms with Gasteiger partial charge in [0, 0.05) is 19.0 Å². The van der Waals surface area contributed by atoms with E-state index < -0.39 is 11.9 Å². The van der Waals surface area contributed by atoms with Gasteiger partial charge in [-0.05, 0) is 25.0 Å². The summed E-state index contributed by atoms with van der Waals surface area (Å²) in [6.07, 6.45) is 3.35. The van der Waals surface area contributed by atoms with E-state index >= 15 is 0 Å². The normalized spacial score (nSPS) is 24.7. The van der Waals surface area contributed by atoms with Crippen molar-refractivity contribution in [2.75, 3.05) is 6.54 Å². The SMILES string of the molecule is Cn1c(=O)oc2c(C(=O)NCC3(C)CCCCC3O)cccc21. The monoisotopic (exact) mass is 318 g/mol. The van der Waals surface area contributed by atoms with Gasteiger partial charge < -0.3 is 14.8 Å². The van der Waals surface area contributed by atoms with E-state index in [-0.39, 0.29) is 11.3 Å². The average molecular weight is 318 g/mol. The minimum Gasteiger partial charge on any atom is -0.407 e. The molecule has 3 rings (SSSR count). The molecule has 1 heterocycles. The van der Waals surface area contributed by atoms with Gasteiger partial charge in [-0.3, -0.25) is 9.36 Å². The molecule has 1 fully saturated rings. The van der Waals surface area contributed by atoms with E-state index in [1.165, 1.54) is 4.57 Å². The number of rotatable bonds is 3. The topological polar surface area (TPSA) is 84.5 Å². The summed E-state index contributed by atoms with van der Waals surface area (Å²) in [6, 6.07) is 5.10. The van der Waals surface area contributed by atoms with E-state index in [2.05, 4.69) is 5.32 Å². The number of fused-ring (bicyclic) bond motifs is 1. The number of hydrogen-bond donors (Lipinski definition) is 2. The number of nitrogens with zero attached hydrogens (tertiary/aromatic N) is 1. The third-order valence-electron chi connectivity index (χ3n) is 5.00. The fraction of sp³-hybridized carbons (Fsp3) is 0.529. The Morgan fingerprint density at radius 1 is 1.48 bits per heavy atom. The van der Waals surface area contributed by atoms with E-state index in [0.29, 0.717) is 23.2 Å². The molecule has 1 aromatic carbocycles. The summed E-state index contributed by atoms with van der Waals surface area (Å²) in [7, 11) is 1.61. The molecule has 1 aromatic heterocycles. The number of aromatic nitrogens is 1. The summed E-state index contributed by atoms with van der Waals surface area (Å²) in [5.41, 5.74) is 0.923. The van der Waals surface area contributed by atoms with Gasteiger partial charge in [0.2, 0.25) is 0 Å². The van der Waals surface area contributed by atoms with E-state index in [1.807, 2.05) is 6.92 Å². The number of aryl methyl sites for hydroxylation is 1. The van der Waals surface area contributed by atoms with Gasteiger partial charge in [0.1, 0.15) is 0 Å². The maximum atomic E-state index is 12.5. The summed E-state index contributed by atoms with van der Waals surface area (Å²) in [4.78, 5) is 24.2. The van der Waals surface area contributed by atoms with Gasteiger partial charge in [0.05, 0.1) is 17.2 Å². The highest BCUT2D eigenvalue weighted by Gasteiger charge is 2.35. The Morgan fingerprint density at radius 3 is 3.00 bits per heavy atom. The first kappa shape index (κ1) is 15.8. The van der Waals surface area contributed by atoms with E-state index in [0.717, 1.165) is 25.7 Å². The van der Waals surface area contributed by atoms with Gasteiger partial charge in [-0.25, -0.2) is 4.79 Å². The second-order valence-electron chi connectivity index (χ2n) is 6.68. The highest BCUT2D eigenvalue weighted by Crippen LogP contribution is 2.35. The van der Waals surface area contributed by atoms with Crippen molar-refractivity contribution in [3.05, 3.63) is 34.3 Å². The summed E-state index contributed by atoms with van der Waals surface area (Å²) in [5.74, 6) is -0.779. The van der Waals surface area contributed by atoms with E-state index in [1.54, 1.807) is 25.2 Å². The van der Waals surface area contributed by atoms with Crippen LogP contribution in [0.25, 0.3) is 11.1 Å². The van der Waals surface area contributed by atoms with Crippen molar-refractivity contribution < 1.29 is 14.3 Å². The van der Waals surface area contributed by atoms with Gasteiger partial charge in [0.25, 0.3) is 5.91 Å². The van der Waals surface area contributed by atoms with Gasteiger partial charge in [0.15, 0.2) is 5.58 Å². The molecule has 2 N–H and O–H groups in total. The van der Waals surface area contributed by atoms with Gasteiger partial charge in [-0.15, -0.1) is 0 Å². The first-order valence-electron chi connectivity index (χ1n) is 7.97. The lowest BCUT2D eigenvalue weighted by Gasteiger charge is -2.38. The van der Waals surface area contributed by atoms with Crippen LogP contribution >= 0.6 is 0 Å². The summed E-state index contributed by atoms with van der Waals surface area (Å²) in [6.45, 7) is 2.40. The molecule has 0 radical (unpaired) electrons. The Labute approximate surface area is 134 Å². The molecule has 0 aliphatic heterocycles. The summed E-state index contributed by atoms with van der Waals surface area (Å²) < 4.78 is 6.56. The molecule has 1 aliphatic carbocycles. The molecule has 1 aliphatic rings. The zero-order chi connectivity index (χ0) is 16.6. The number of amides is 1. The molecule has 2 aromatic rings. The van der Waals surface area contributed by atoms with E-state index in [4.69, 9.17) is 4.42 Å². The third-order valence-corrected chi connectivity index (χ3v) is 5.00. The lowest BCUT2D eigenvalue weighted by Crippen LogP contribution is -2.45. The number of para-hydroxylation sites is 1. The van der Waals surface area contributed by atoms with Crippen LogP contribution in [-0.4, -0.2) is 28.2 Å². The molecule has 6 nitrogen and oxygen atoms in total. The van der Waals surface area contributed by atoms with Crippen LogP contribution in [0.2, 0.25) is 0 Å². The van der Waals surface area contributed by atoms with Gasteiger partial charge in [-0.1, -0.05) is 25.8 Å². The maximum Gasteiger partial charge on any atom is 0.419 e. The van der Waals surface area contributed by atoms with Gasteiger partial charge >= 0.3 is 5.76 Å². The van der Waals surface area contributed by atoms with E-state index in [9.17, 15) is 14.7 Å². The van der Waals surface area contributed by atoms with Crippen LogP contribution in [0.5, 0.6) is 0 Å².